The Hall–Kier alpha value is -1.09. The van der Waals surface area contributed by atoms with Crippen LogP contribution >= 0.6 is 0 Å². The number of hydrogen-bond acceptors (Lipinski definition) is 2. The fourth-order valence-corrected chi connectivity index (χ4v) is 2.65. The van der Waals surface area contributed by atoms with E-state index in [0.29, 0.717) is 36.0 Å². The van der Waals surface area contributed by atoms with Crippen molar-refractivity contribution in [2.75, 3.05) is 7.11 Å². The van der Waals surface area contributed by atoms with Crippen LogP contribution in [0.15, 0.2) is 18.2 Å². The molecule has 0 saturated heterocycles. The minimum Gasteiger partial charge on any atom is -0.497 e. The summed E-state index contributed by atoms with van der Waals surface area (Å²) < 4.78 is 19.2. The molecule has 19 heavy (non-hydrogen) atoms. The van der Waals surface area contributed by atoms with E-state index in [2.05, 4.69) is 0 Å². The first-order chi connectivity index (χ1) is 8.78. The minimum atomic E-state index is -1.11. The lowest BCUT2D eigenvalue weighted by Crippen LogP contribution is -2.30. The first-order valence-corrected chi connectivity index (χ1v) is 6.85. The first kappa shape index (κ1) is 16.0. The van der Waals surface area contributed by atoms with E-state index in [1.165, 1.54) is 13.2 Å². The maximum atomic E-state index is 14.2. The fraction of sp³-hybridized carbons (Fsp3) is 0.625. The quantitative estimate of drug-likeness (QED) is 0.841. The van der Waals surface area contributed by atoms with Crippen LogP contribution in [0, 0.1) is 17.7 Å². The van der Waals surface area contributed by atoms with Gasteiger partial charge in [-0.15, -0.1) is 0 Å². The summed E-state index contributed by atoms with van der Waals surface area (Å²) in [6.45, 7) is 8.14. The normalized spacial score (nSPS) is 12.3. The lowest BCUT2D eigenvalue weighted by molar-refractivity contribution is -0.00758. The number of halogens is 1. The molecule has 3 heteroatoms. The Bertz CT molecular complexity index is 403. The van der Waals surface area contributed by atoms with E-state index in [9.17, 15) is 9.50 Å². The van der Waals surface area contributed by atoms with Gasteiger partial charge >= 0.3 is 0 Å². The molecule has 0 atom stereocenters. The van der Waals surface area contributed by atoms with Crippen LogP contribution in [-0.2, 0) is 5.60 Å². The monoisotopic (exact) mass is 268 g/mol. The summed E-state index contributed by atoms with van der Waals surface area (Å²) in [4.78, 5) is 0. The summed E-state index contributed by atoms with van der Waals surface area (Å²) in [5, 5.41) is 10.9. The zero-order chi connectivity index (χ0) is 14.6. The molecule has 108 valence electrons. The van der Waals surface area contributed by atoms with Gasteiger partial charge in [0, 0.05) is 11.6 Å². The maximum absolute atomic E-state index is 14.2. The number of rotatable bonds is 6. The molecule has 1 aromatic carbocycles. The van der Waals surface area contributed by atoms with Gasteiger partial charge in [0.1, 0.15) is 11.6 Å². The second-order valence-corrected chi connectivity index (χ2v) is 6.07. The molecule has 0 aliphatic carbocycles. The van der Waals surface area contributed by atoms with Gasteiger partial charge in [-0.25, -0.2) is 4.39 Å². The highest BCUT2D eigenvalue weighted by Gasteiger charge is 2.33. The topological polar surface area (TPSA) is 29.5 Å². The number of ether oxygens (including phenoxy) is 1. The van der Waals surface area contributed by atoms with Crippen molar-refractivity contribution in [1.29, 1.82) is 0 Å². The SMILES string of the molecule is COc1ccc(C(O)(CC(C)C)CC(C)C)c(F)c1. The second kappa shape index (κ2) is 6.38. The summed E-state index contributed by atoms with van der Waals surface area (Å²) in [6, 6.07) is 4.67. The second-order valence-electron chi connectivity index (χ2n) is 6.07. The zero-order valence-corrected chi connectivity index (χ0v) is 12.5. The van der Waals surface area contributed by atoms with E-state index in [1.807, 2.05) is 27.7 Å². The van der Waals surface area contributed by atoms with E-state index in [0.717, 1.165) is 0 Å². The smallest absolute Gasteiger partial charge is 0.132 e. The van der Waals surface area contributed by atoms with Gasteiger partial charge in [0.25, 0.3) is 0 Å². The molecule has 0 aromatic heterocycles. The van der Waals surface area contributed by atoms with Crippen molar-refractivity contribution in [2.45, 2.75) is 46.1 Å². The number of benzene rings is 1. The molecule has 0 aliphatic heterocycles. The molecule has 1 rings (SSSR count). The van der Waals surface area contributed by atoms with Gasteiger partial charge in [0.2, 0.25) is 0 Å². The van der Waals surface area contributed by atoms with Crippen LogP contribution in [0.1, 0.15) is 46.1 Å². The fourth-order valence-electron chi connectivity index (χ4n) is 2.65. The maximum Gasteiger partial charge on any atom is 0.132 e. The molecule has 0 spiro atoms. The predicted molar refractivity (Wildman–Crippen MR) is 75.8 cm³/mol. The molecule has 0 bridgehead atoms. The third kappa shape index (κ3) is 4.20. The Morgan fingerprint density at radius 1 is 1.16 bits per heavy atom. The van der Waals surface area contributed by atoms with Gasteiger partial charge in [0.15, 0.2) is 0 Å². The summed E-state index contributed by atoms with van der Waals surface area (Å²) >= 11 is 0. The van der Waals surface area contributed by atoms with E-state index in [1.54, 1.807) is 12.1 Å². The molecule has 2 nitrogen and oxygen atoms in total. The molecule has 0 saturated carbocycles. The minimum absolute atomic E-state index is 0.297. The lowest BCUT2D eigenvalue weighted by atomic mass is 9.79. The van der Waals surface area contributed by atoms with Crippen LogP contribution in [-0.4, -0.2) is 12.2 Å². The molecule has 0 heterocycles. The van der Waals surface area contributed by atoms with E-state index >= 15 is 0 Å². The molecule has 0 unspecified atom stereocenters. The van der Waals surface area contributed by atoms with Crippen molar-refractivity contribution in [2.24, 2.45) is 11.8 Å². The Morgan fingerprint density at radius 2 is 1.68 bits per heavy atom. The average molecular weight is 268 g/mol. The van der Waals surface area contributed by atoms with E-state index in [4.69, 9.17) is 4.74 Å². The number of methoxy groups -OCH3 is 1. The van der Waals surface area contributed by atoms with Crippen molar-refractivity contribution in [3.63, 3.8) is 0 Å². The highest BCUT2D eigenvalue weighted by atomic mass is 19.1. The van der Waals surface area contributed by atoms with Gasteiger partial charge in [-0.2, -0.15) is 0 Å². The summed E-state index contributed by atoms with van der Waals surface area (Å²) in [6.07, 6.45) is 1.10. The third-order valence-corrected chi connectivity index (χ3v) is 3.17. The first-order valence-electron chi connectivity index (χ1n) is 6.85. The van der Waals surface area contributed by atoms with Gasteiger partial charge in [-0.3, -0.25) is 0 Å². The third-order valence-electron chi connectivity index (χ3n) is 3.17. The summed E-state index contributed by atoms with van der Waals surface area (Å²) in [5.41, 5.74) is -0.741. The van der Waals surface area contributed by atoms with Crippen LogP contribution in [0.25, 0.3) is 0 Å². The van der Waals surface area contributed by atoms with Gasteiger partial charge < -0.3 is 9.84 Å². The number of aliphatic hydroxyl groups is 1. The Labute approximate surface area is 115 Å². The summed E-state index contributed by atoms with van der Waals surface area (Å²) in [7, 11) is 1.50. The Morgan fingerprint density at radius 3 is 2.05 bits per heavy atom. The number of hydrogen-bond donors (Lipinski definition) is 1. The Balaban J connectivity index is 3.16. The standard InChI is InChI=1S/C16H25FO2/c1-11(2)9-16(18,10-12(3)4)14-7-6-13(19-5)8-15(14)17/h6-8,11-12,18H,9-10H2,1-5H3. The Kier molecular flexibility index (Phi) is 5.36. The largest absolute Gasteiger partial charge is 0.497 e. The molecule has 1 aromatic rings. The molecule has 0 radical (unpaired) electrons. The van der Waals surface area contributed by atoms with Crippen LogP contribution in [0.3, 0.4) is 0 Å². The molecule has 0 fully saturated rings. The van der Waals surface area contributed by atoms with Crippen molar-refractivity contribution in [3.05, 3.63) is 29.6 Å². The van der Waals surface area contributed by atoms with Crippen molar-refractivity contribution >= 4 is 0 Å². The highest BCUT2D eigenvalue weighted by molar-refractivity contribution is 5.32. The van der Waals surface area contributed by atoms with Gasteiger partial charge in [-0.05, 0) is 36.8 Å². The van der Waals surface area contributed by atoms with Crippen LogP contribution in [0.4, 0.5) is 4.39 Å². The highest BCUT2D eigenvalue weighted by Crippen LogP contribution is 2.37. The molecule has 1 N–H and O–H groups in total. The van der Waals surface area contributed by atoms with E-state index in [-0.39, 0.29) is 0 Å². The lowest BCUT2D eigenvalue weighted by Gasteiger charge is -2.32. The summed E-state index contributed by atoms with van der Waals surface area (Å²) in [5.74, 6) is 0.663. The molecule has 0 aliphatic rings. The van der Waals surface area contributed by atoms with Crippen LogP contribution in [0.5, 0.6) is 5.75 Å². The predicted octanol–water partition coefficient (Wildman–Crippen LogP) is 4.11. The van der Waals surface area contributed by atoms with Gasteiger partial charge in [0.05, 0.1) is 12.7 Å². The zero-order valence-electron chi connectivity index (χ0n) is 12.5. The average Bonchev–Trinajstić information content (AvgIpc) is 2.25. The van der Waals surface area contributed by atoms with Crippen LogP contribution < -0.4 is 4.74 Å². The molecular weight excluding hydrogens is 243 g/mol. The molecular formula is C16H25FO2. The van der Waals surface area contributed by atoms with Crippen molar-refractivity contribution in [1.82, 2.24) is 0 Å². The molecule has 0 amide bonds. The van der Waals surface area contributed by atoms with Crippen molar-refractivity contribution in [3.8, 4) is 5.75 Å². The van der Waals surface area contributed by atoms with Crippen molar-refractivity contribution < 1.29 is 14.2 Å². The van der Waals surface area contributed by atoms with Crippen LogP contribution in [0.2, 0.25) is 0 Å². The van der Waals surface area contributed by atoms with Gasteiger partial charge in [-0.1, -0.05) is 27.7 Å². The van der Waals surface area contributed by atoms with E-state index < -0.39 is 11.4 Å².